The standard InChI is InChI=1S/C24H27NO3/c1-19-11-13-23(14-12-19)28-20(2)18-25-21-7-6-10-24(17-21)27-16-15-26-22-8-4-3-5-9-22/h3-14,17,20,25H,15-16,18H2,1-2H3. The van der Waals surface area contributed by atoms with E-state index in [4.69, 9.17) is 14.2 Å². The summed E-state index contributed by atoms with van der Waals surface area (Å²) in [6.45, 7) is 5.81. The maximum absolute atomic E-state index is 5.93. The van der Waals surface area contributed by atoms with E-state index in [1.54, 1.807) is 0 Å². The highest BCUT2D eigenvalue weighted by Crippen LogP contribution is 2.18. The van der Waals surface area contributed by atoms with Crippen LogP contribution in [0.5, 0.6) is 17.2 Å². The first kappa shape index (κ1) is 19.6. The van der Waals surface area contributed by atoms with E-state index in [1.807, 2.05) is 73.7 Å². The predicted molar refractivity (Wildman–Crippen MR) is 114 cm³/mol. The van der Waals surface area contributed by atoms with Gasteiger partial charge >= 0.3 is 0 Å². The summed E-state index contributed by atoms with van der Waals surface area (Å²) in [5.74, 6) is 2.55. The Morgan fingerprint density at radius 1 is 0.750 bits per heavy atom. The molecule has 3 aromatic rings. The maximum Gasteiger partial charge on any atom is 0.122 e. The van der Waals surface area contributed by atoms with Gasteiger partial charge in [-0.15, -0.1) is 0 Å². The summed E-state index contributed by atoms with van der Waals surface area (Å²) in [6, 6.07) is 25.8. The zero-order chi connectivity index (χ0) is 19.6. The molecule has 0 aromatic heterocycles. The number of ether oxygens (including phenoxy) is 3. The average molecular weight is 377 g/mol. The molecule has 0 aliphatic rings. The molecule has 0 fully saturated rings. The van der Waals surface area contributed by atoms with Gasteiger partial charge in [-0.1, -0.05) is 42.0 Å². The van der Waals surface area contributed by atoms with Gasteiger partial charge in [0.25, 0.3) is 0 Å². The Bertz CT molecular complexity index is 834. The molecule has 3 rings (SSSR count). The molecule has 0 amide bonds. The lowest BCUT2D eigenvalue weighted by atomic mass is 10.2. The number of hydrogen-bond acceptors (Lipinski definition) is 4. The van der Waals surface area contributed by atoms with Crippen LogP contribution >= 0.6 is 0 Å². The Kier molecular flexibility index (Phi) is 7.19. The van der Waals surface area contributed by atoms with E-state index in [0.29, 0.717) is 19.8 Å². The first-order chi connectivity index (χ1) is 13.7. The Morgan fingerprint density at radius 3 is 2.18 bits per heavy atom. The molecule has 28 heavy (non-hydrogen) atoms. The molecule has 1 N–H and O–H groups in total. The SMILES string of the molecule is Cc1ccc(OC(C)CNc2cccc(OCCOc3ccccc3)c2)cc1. The Labute approximate surface area is 167 Å². The molecule has 4 heteroatoms. The molecule has 3 aromatic carbocycles. The molecule has 146 valence electrons. The molecular formula is C24H27NO3. The average Bonchev–Trinajstić information content (AvgIpc) is 2.73. The molecule has 0 saturated heterocycles. The molecule has 0 saturated carbocycles. The molecule has 4 nitrogen and oxygen atoms in total. The van der Waals surface area contributed by atoms with Gasteiger partial charge in [0, 0.05) is 11.8 Å². The second kappa shape index (κ2) is 10.3. The van der Waals surface area contributed by atoms with Gasteiger partial charge in [-0.3, -0.25) is 0 Å². The van der Waals surface area contributed by atoms with Crippen LogP contribution in [0.4, 0.5) is 5.69 Å². The fourth-order valence-electron chi connectivity index (χ4n) is 2.68. The molecule has 0 aliphatic heterocycles. The summed E-state index contributed by atoms with van der Waals surface area (Å²) in [4.78, 5) is 0. The van der Waals surface area contributed by atoms with Crippen molar-refractivity contribution in [3.05, 3.63) is 84.4 Å². The van der Waals surface area contributed by atoms with Gasteiger partial charge in [0.05, 0.1) is 6.54 Å². The minimum atomic E-state index is 0.0477. The highest BCUT2D eigenvalue weighted by molar-refractivity contribution is 5.48. The van der Waals surface area contributed by atoms with E-state index < -0.39 is 0 Å². The molecule has 0 bridgehead atoms. The van der Waals surface area contributed by atoms with Crippen LogP contribution < -0.4 is 19.5 Å². The summed E-state index contributed by atoms with van der Waals surface area (Å²) in [7, 11) is 0. The first-order valence-electron chi connectivity index (χ1n) is 9.57. The summed E-state index contributed by atoms with van der Waals surface area (Å²) in [6.07, 6.45) is 0.0477. The largest absolute Gasteiger partial charge is 0.490 e. The Balaban J connectivity index is 1.40. The van der Waals surface area contributed by atoms with E-state index in [-0.39, 0.29) is 6.10 Å². The molecule has 0 spiro atoms. The minimum absolute atomic E-state index is 0.0477. The van der Waals surface area contributed by atoms with Gasteiger partial charge in [-0.2, -0.15) is 0 Å². The van der Waals surface area contributed by atoms with Crippen molar-refractivity contribution in [1.82, 2.24) is 0 Å². The number of hydrogen-bond donors (Lipinski definition) is 1. The van der Waals surface area contributed by atoms with Crippen molar-refractivity contribution in [2.75, 3.05) is 25.1 Å². The maximum atomic E-state index is 5.93. The minimum Gasteiger partial charge on any atom is -0.490 e. The van der Waals surface area contributed by atoms with Crippen LogP contribution in [-0.2, 0) is 0 Å². The zero-order valence-corrected chi connectivity index (χ0v) is 16.4. The Hall–Kier alpha value is -3.14. The molecular weight excluding hydrogens is 350 g/mol. The molecule has 1 unspecified atom stereocenters. The molecule has 0 aliphatic carbocycles. The van der Waals surface area contributed by atoms with E-state index in [1.165, 1.54) is 5.56 Å². The van der Waals surface area contributed by atoms with Crippen LogP contribution in [0.25, 0.3) is 0 Å². The van der Waals surface area contributed by atoms with Gasteiger partial charge in [-0.05, 0) is 50.2 Å². The van der Waals surface area contributed by atoms with E-state index in [9.17, 15) is 0 Å². The van der Waals surface area contributed by atoms with Crippen molar-refractivity contribution in [3.8, 4) is 17.2 Å². The van der Waals surface area contributed by atoms with Crippen LogP contribution in [0, 0.1) is 6.92 Å². The lowest BCUT2D eigenvalue weighted by Gasteiger charge is -2.17. The fraction of sp³-hybridized carbons (Fsp3) is 0.250. The van der Waals surface area contributed by atoms with Gasteiger partial charge in [-0.25, -0.2) is 0 Å². The van der Waals surface area contributed by atoms with Gasteiger partial charge < -0.3 is 19.5 Å². The van der Waals surface area contributed by atoms with Crippen molar-refractivity contribution >= 4 is 5.69 Å². The third-order valence-electron chi connectivity index (χ3n) is 4.15. The second-order valence-electron chi connectivity index (χ2n) is 6.66. The summed E-state index contributed by atoms with van der Waals surface area (Å²) in [5.41, 5.74) is 2.23. The fourth-order valence-corrected chi connectivity index (χ4v) is 2.68. The topological polar surface area (TPSA) is 39.7 Å². The molecule has 1 atom stereocenters. The summed E-state index contributed by atoms with van der Waals surface area (Å²) in [5, 5.41) is 3.40. The van der Waals surface area contributed by atoms with E-state index in [0.717, 1.165) is 22.9 Å². The van der Waals surface area contributed by atoms with Crippen LogP contribution in [-0.4, -0.2) is 25.9 Å². The van der Waals surface area contributed by atoms with Crippen molar-refractivity contribution in [3.63, 3.8) is 0 Å². The number of anilines is 1. The zero-order valence-electron chi connectivity index (χ0n) is 16.4. The third kappa shape index (κ3) is 6.54. The van der Waals surface area contributed by atoms with Crippen LogP contribution in [0.3, 0.4) is 0 Å². The number of nitrogens with one attached hydrogen (secondary N) is 1. The van der Waals surface area contributed by atoms with Crippen molar-refractivity contribution in [2.24, 2.45) is 0 Å². The number of aryl methyl sites for hydroxylation is 1. The summed E-state index contributed by atoms with van der Waals surface area (Å²) < 4.78 is 17.4. The lowest BCUT2D eigenvalue weighted by Crippen LogP contribution is -2.22. The van der Waals surface area contributed by atoms with Gasteiger partial charge in [0.15, 0.2) is 0 Å². The van der Waals surface area contributed by atoms with Gasteiger partial charge in [0.2, 0.25) is 0 Å². The summed E-state index contributed by atoms with van der Waals surface area (Å²) >= 11 is 0. The van der Waals surface area contributed by atoms with Crippen molar-refractivity contribution in [1.29, 1.82) is 0 Å². The smallest absolute Gasteiger partial charge is 0.122 e. The Morgan fingerprint density at radius 2 is 1.43 bits per heavy atom. The van der Waals surface area contributed by atoms with Gasteiger partial charge in [0.1, 0.15) is 36.6 Å². The quantitative estimate of drug-likeness (QED) is 0.485. The first-order valence-corrected chi connectivity index (χ1v) is 9.57. The molecule has 0 radical (unpaired) electrons. The highest BCUT2D eigenvalue weighted by Gasteiger charge is 2.05. The van der Waals surface area contributed by atoms with Crippen LogP contribution in [0.1, 0.15) is 12.5 Å². The third-order valence-corrected chi connectivity index (χ3v) is 4.15. The molecule has 0 heterocycles. The number of para-hydroxylation sites is 1. The lowest BCUT2D eigenvalue weighted by molar-refractivity contribution is 0.217. The number of rotatable bonds is 10. The normalized spacial score (nSPS) is 11.5. The van der Waals surface area contributed by atoms with Crippen molar-refractivity contribution < 1.29 is 14.2 Å². The monoisotopic (exact) mass is 377 g/mol. The van der Waals surface area contributed by atoms with Crippen molar-refractivity contribution in [2.45, 2.75) is 20.0 Å². The second-order valence-corrected chi connectivity index (χ2v) is 6.66. The van der Waals surface area contributed by atoms with E-state index >= 15 is 0 Å². The highest BCUT2D eigenvalue weighted by atomic mass is 16.5. The van der Waals surface area contributed by atoms with Crippen LogP contribution in [0.2, 0.25) is 0 Å². The van der Waals surface area contributed by atoms with Crippen LogP contribution in [0.15, 0.2) is 78.9 Å². The predicted octanol–water partition coefficient (Wildman–Crippen LogP) is 5.33. The number of benzene rings is 3. The van der Waals surface area contributed by atoms with E-state index in [2.05, 4.69) is 24.4 Å².